The Morgan fingerprint density at radius 1 is 1.00 bits per heavy atom. The molecular formula is C27H22N6OS. The number of carbonyl (C=O) groups is 1. The van der Waals surface area contributed by atoms with Gasteiger partial charge in [-0.05, 0) is 47.7 Å². The summed E-state index contributed by atoms with van der Waals surface area (Å²) in [5.74, 6) is 1.53. The van der Waals surface area contributed by atoms with E-state index in [1.165, 1.54) is 0 Å². The second-order valence-electron chi connectivity index (χ2n) is 8.38. The highest BCUT2D eigenvalue weighted by atomic mass is 32.1. The van der Waals surface area contributed by atoms with E-state index in [1.807, 2.05) is 61.0 Å². The first-order valence-electron chi connectivity index (χ1n) is 11.5. The summed E-state index contributed by atoms with van der Waals surface area (Å²) < 4.78 is 1.00. The molecule has 0 saturated carbocycles. The molecule has 4 heterocycles. The van der Waals surface area contributed by atoms with E-state index in [0.717, 1.165) is 55.7 Å². The SMILES string of the molecule is CCCC(=O)c1cc2ccc(-c3nc(Nc4ccc(-c5cn[nH]c5)cc4)c4sccc4n3)cc2[nH]1. The van der Waals surface area contributed by atoms with E-state index < -0.39 is 0 Å². The van der Waals surface area contributed by atoms with E-state index >= 15 is 0 Å². The predicted octanol–water partition coefficient (Wildman–Crippen LogP) is 6.96. The molecule has 0 saturated heterocycles. The number of thiophene rings is 1. The van der Waals surface area contributed by atoms with Crippen molar-refractivity contribution in [1.82, 2.24) is 25.1 Å². The minimum Gasteiger partial charge on any atom is -0.352 e. The summed E-state index contributed by atoms with van der Waals surface area (Å²) >= 11 is 1.61. The van der Waals surface area contributed by atoms with Gasteiger partial charge in [-0.1, -0.05) is 31.2 Å². The van der Waals surface area contributed by atoms with Crippen LogP contribution in [0.15, 0.2) is 72.4 Å². The number of rotatable bonds is 7. The van der Waals surface area contributed by atoms with E-state index in [2.05, 4.69) is 32.6 Å². The minimum atomic E-state index is 0.131. The third kappa shape index (κ3) is 4.08. The molecule has 4 aromatic heterocycles. The van der Waals surface area contributed by atoms with Crippen LogP contribution in [0.2, 0.25) is 0 Å². The van der Waals surface area contributed by atoms with Crippen LogP contribution in [0.25, 0.3) is 43.6 Å². The lowest BCUT2D eigenvalue weighted by Gasteiger charge is -2.10. The molecule has 172 valence electrons. The second-order valence-corrected chi connectivity index (χ2v) is 9.29. The lowest BCUT2D eigenvalue weighted by Crippen LogP contribution is -1.98. The average Bonchev–Trinajstić information content (AvgIpc) is 3.65. The van der Waals surface area contributed by atoms with E-state index in [4.69, 9.17) is 9.97 Å². The molecule has 0 radical (unpaired) electrons. The number of nitrogens with zero attached hydrogens (tertiary/aromatic N) is 3. The molecule has 8 heteroatoms. The molecule has 0 spiro atoms. The molecule has 0 unspecified atom stereocenters. The number of H-pyrrole nitrogens is 2. The van der Waals surface area contributed by atoms with Crippen LogP contribution in [0.3, 0.4) is 0 Å². The van der Waals surface area contributed by atoms with Gasteiger partial charge in [0.2, 0.25) is 0 Å². The fourth-order valence-corrected chi connectivity index (χ4v) is 4.92. The lowest BCUT2D eigenvalue weighted by molar-refractivity contribution is 0.0977. The number of ketones is 1. The highest BCUT2D eigenvalue weighted by molar-refractivity contribution is 7.17. The van der Waals surface area contributed by atoms with Crippen LogP contribution in [0.4, 0.5) is 11.5 Å². The number of anilines is 2. The van der Waals surface area contributed by atoms with E-state index in [9.17, 15) is 4.79 Å². The molecule has 7 nitrogen and oxygen atoms in total. The summed E-state index contributed by atoms with van der Waals surface area (Å²) in [6.07, 6.45) is 5.04. The molecular weight excluding hydrogens is 456 g/mol. The predicted molar refractivity (Wildman–Crippen MR) is 141 cm³/mol. The standard InChI is InChI=1S/C27H22N6OS/c1-2-3-24(34)23-12-17-4-5-18(13-22(17)31-23)26-32-21-10-11-35-25(21)27(33-26)30-20-8-6-16(7-9-20)19-14-28-29-15-19/h4-15,31H,2-3H2,1H3,(H,28,29)(H,30,32,33). The Morgan fingerprint density at radius 3 is 2.66 bits per heavy atom. The van der Waals surface area contributed by atoms with Gasteiger partial charge in [0.1, 0.15) is 0 Å². The van der Waals surface area contributed by atoms with Gasteiger partial charge in [0.15, 0.2) is 17.4 Å². The Bertz CT molecular complexity index is 1650. The normalized spacial score (nSPS) is 11.3. The zero-order chi connectivity index (χ0) is 23.8. The summed E-state index contributed by atoms with van der Waals surface area (Å²) in [7, 11) is 0. The Kier molecular flexibility index (Phi) is 5.35. The van der Waals surface area contributed by atoms with E-state index in [0.29, 0.717) is 17.9 Å². The third-order valence-corrected chi connectivity index (χ3v) is 6.85. The van der Waals surface area contributed by atoms with Crippen molar-refractivity contribution in [3.05, 3.63) is 78.1 Å². The highest BCUT2D eigenvalue weighted by Gasteiger charge is 2.14. The molecule has 6 rings (SSSR count). The van der Waals surface area contributed by atoms with Crippen molar-refractivity contribution in [1.29, 1.82) is 0 Å². The van der Waals surface area contributed by atoms with Gasteiger partial charge < -0.3 is 10.3 Å². The molecule has 0 bridgehead atoms. The summed E-state index contributed by atoms with van der Waals surface area (Å²) in [4.78, 5) is 25.3. The summed E-state index contributed by atoms with van der Waals surface area (Å²) in [5.41, 5.74) is 6.40. The Hall–Kier alpha value is -4.30. The zero-order valence-corrected chi connectivity index (χ0v) is 19.8. The van der Waals surface area contributed by atoms with Gasteiger partial charge in [0.05, 0.1) is 22.1 Å². The van der Waals surface area contributed by atoms with Gasteiger partial charge in [0, 0.05) is 40.3 Å². The maximum absolute atomic E-state index is 12.3. The number of aromatic nitrogens is 5. The van der Waals surface area contributed by atoms with Crippen LogP contribution in [0.1, 0.15) is 30.3 Å². The largest absolute Gasteiger partial charge is 0.352 e. The Morgan fingerprint density at radius 2 is 1.86 bits per heavy atom. The molecule has 0 atom stereocenters. The van der Waals surface area contributed by atoms with Gasteiger partial charge in [0.25, 0.3) is 0 Å². The highest BCUT2D eigenvalue weighted by Crippen LogP contribution is 2.32. The molecule has 2 aromatic carbocycles. The maximum Gasteiger partial charge on any atom is 0.179 e. The number of Topliss-reactive ketones (excluding diaryl/α,β-unsaturated/α-hetero) is 1. The van der Waals surface area contributed by atoms with Gasteiger partial charge in [-0.2, -0.15) is 5.10 Å². The van der Waals surface area contributed by atoms with Gasteiger partial charge in [-0.15, -0.1) is 11.3 Å². The van der Waals surface area contributed by atoms with Crippen molar-refractivity contribution >= 4 is 49.7 Å². The van der Waals surface area contributed by atoms with E-state index in [1.54, 1.807) is 17.5 Å². The van der Waals surface area contributed by atoms with Crippen LogP contribution in [0.5, 0.6) is 0 Å². The van der Waals surface area contributed by atoms with Crippen LogP contribution in [-0.4, -0.2) is 30.9 Å². The molecule has 6 aromatic rings. The first kappa shape index (κ1) is 21.2. The number of nitrogens with one attached hydrogen (secondary N) is 3. The number of hydrogen-bond donors (Lipinski definition) is 3. The first-order valence-corrected chi connectivity index (χ1v) is 12.3. The quantitative estimate of drug-likeness (QED) is 0.216. The van der Waals surface area contributed by atoms with Crippen molar-refractivity contribution in [3.8, 4) is 22.5 Å². The van der Waals surface area contributed by atoms with Crippen LogP contribution in [0, 0.1) is 0 Å². The summed E-state index contributed by atoms with van der Waals surface area (Å²) in [5, 5.41) is 13.4. The molecule has 3 N–H and O–H groups in total. The molecule has 0 aliphatic rings. The monoisotopic (exact) mass is 478 g/mol. The van der Waals surface area contributed by atoms with Crippen molar-refractivity contribution in [3.63, 3.8) is 0 Å². The fourth-order valence-electron chi connectivity index (χ4n) is 4.15. The Balaban J connectivity index is 1.35. The van der Waals surface area contributed by atoms with Crippen molar-refractivity contribution in [2.75, 3.05) is 5.32 Å². The van der Waals surface area contributed by atoms with Gasteiger partial charge >= 0.3 is 0 Å². The lowest BCUT2D eigenvalue weighted by atomic mass is 10.1. The van der Waals surface area contributed by atoms with E-state index in [-0.39, 0.29) is 5.78 Å². The van der Waals surface area contributed by atoms with Crippen LogP contribution < -0.4 is 5.32 Å². The molecule has 35 heavy (non-hydrogen) atoms. The van der Waals surface area contributed by atoms with Crippen molar-refractivity contribution in [2.45, 2.75) is 19.8 Å². The zero-order valence-electron chi connectivity index (χ0n) is 19.0. The topological polar surface area (TPSA) is 99.3 Å². The van der Waals surface area contributed by atoms with Gasteiger partial charge in [-0.25, -0.2) is 9.97 Å². The maximum atomic E-state index is 12.3. The number of hydrogen-bond acceptors (Lipinski definition) is 6. The minimum absolute atomic E-state index is 0.131. The van der Waals surface area contributed by atoms with Crippen LogP contribution >= 0.6 is 11.3 Å². The molecule has 0 amide bonds. The Labute approximate surface area is 205 Å². The molecule has 0 aliphatic heterocycles. The summed E-state index contributed by atoms with van der Waals surface area (Å²) in [6.45, 7) is 2.01. The smallest absolute Gasteiger partial charge is 0.179 e. The van der Waals surface area contributed by atoms with Crippen LogP contribution in [-0.2, 0) is 0 Å². The first-order chi connectivity index (χ1) is 17.2. The summed E-state index contributed by atoms with van der Waals surface area (Å²) in [6, 6.07) is 18.1. The number of carbonyl (C=O) groups excluding carboxylic acids is 1. The molecule has 0 aliphatic carbocycles. The molecule has 0 fully saturated rings. The van der Waals surface area contributed by atoms with Crippen molar-refractivity contribution in [2.24, 2.45) is 0 Å². The number of fused-ring (bicyclic) bond motifs is 2. The fraction of sp³-hybridized carbons (Fsp3) is 0.111. The number of benzene rings is 2. The average molecular weight is 479 g/mol. The third-order valence-electron chi connectivity index (χ3n) is 5.94. The second kappa shape index (κ2) is 8.81. The van der Waals surface area contributed by atoms with Gasteiger partial charge in [-0.3, -0.25) is 9.89 Å². The number of aromatic amines is 2. The van der Waals surface area contributed by atoms with Crippen molar-refractivity contribution < 1.29 is 4.79 Å².